The quantitative estimate of drug-likeness (QED) is 0.715. The van der Waals surface area contributed by atoms with E-state index < -0.39 is 0 Å². The molecule has 0 atom stereocenters. The van der Waals surface area contributed by atoms with Crippen molar-refractivity contribution < 1.29 is 9.47 Å². The summed E-state index contributed by atoms with van der Waals surface area (Å²) in [6.45, 7) is 0. The molecule has 122 valence electrons. The van der Waals surface area contributed by atoms with Crippen LogP contribution in [0.15, 0.2) is 60.9 Å². The lowest BCUT2D eigenvalue weighted by atomic mass is 10.3. The molecule has 24 heavy (non-hydrogen) atoms. The van der Waals surface area contributed by atoms with Crippen LogP contribution in [0.3, 0.4) is 0 Å². The van der Waals surface area contributed by atoms with E-state index in [0.29, 0.717) is 11.6 Å². The van der Waals surface area contributed by atoms with E-state index in [1.807, 2.05) is 48.5 Å². The van der Waals surface area contributed by atoms with E-state index in [9.17, 15) is 0 Å². The second-order valence-corrected chi connectivity index (χ2v) is 4.90. The minimum absolute atomic E-state index is 0.591. The highest BCUT2D eigenvalue weighted by molar-refractivity contribution is 5.76. The number of para-hydroxylation sites is 4. The molecule has 0 aliphatic rings. The molecule has 0 aliphatic carbocycles. The van der Waals surface area contributed by atoms with Crippen LogP contribution in [0.4, 0.5) is 23.0 Å². The van der Waals surface area contributed by atoms with Crippen LogP contribution in [0.25, 0.3) is 0 Å². The van der Waals surface area contributed by atoms with Gasteiger partial charge in [0, 0.05) is 12.4 Å². The summed E-state index contributed by atoms with van der Waals surface area (Å²) in [5.74, 6) is 2.64. The van der Waals surface area contributed by atoms with Gasteiger partial charge in [0.15, 0.2) is 11.6 Å². The van der Waals surface area contributed by atoms with Gasteiger partial charge in [-0.1, -0.05) is 24.3 Å². The molecular weight excluding hydrogens is 304 g/mol. The number of aromatic nitrogens is 2. The molecule has 6 nitrogen and oxygen atoms in total. The van der Waals surface area contributed by atoms with Crippen molar-refractivity contribution in [3.8, 4) is 11.5 Å². The van der Waals surface area contributed by atoms with E-state index in [4.69, 9.17) is 9.47 Å². The third kappa shape index (κ3) is 3.38. The van der Waals surface area contributed by atoms with Crippen LogP contribution < -0.4 is 20.1 Å². The van der Waals surface area contributed by atoms with Crippen LogP contribution in [0, 0.1) is 0 Å². The Kier molecular flexibility index (Phi) is 4.76. The third-order valence-corrected chi connectivity index (χ3v) is 3.42. The largest absolute Gasteiger partial charge is 0.495 e. The maximum Gasteiger partial charge on any atom is 0.174 e. The first-order chi connectivity index (χ1) is 11.8. The molecule has 2 aromatic carbocycles. The predicted molar refractivity (Wildman–Crippen MR) is 94.6 cm³/mol. The molecule has 0 radical (unpaired) electrons. The van der Waals surface area contributed by atoms with Crippen molar-refractivity contribution in [1.29, 1.82) is 0 Å². The Balaban J connectivity index is 1.91. The van der Waals surface area contributed by atoms with Crippen LogP contribution in [0.1, 0.15) is 0 Å². The fourth-order valence-corrected chi connectivity index (χ4v) is 2.27. The van der Waals surface area contributed by atoms with E-state index in [0.717, 1.165) is 22.9 Å². The van der Waals surface area contributed by atoms with E-state index in [2.05, 4.69) is 20.6 Å². The highest BCUT2D eigenvalue weighted by Gasteiger charge is 2.10. The lowest BCUT2D eigenvalue weighted by Crippen LogP contribution is -2.03. The Morgan fingerprint density at radius 1 is 0.667 bits per heavy atom. The second-order valence-electron chi connectivity index (χ2n) is 4.90. The summed E-state index contributed by atoms with van der Waals surface area (Å²) in [5.41, 5.74) is 1.62. The van der Waals surface area contributed by atoms with Gasteiger partial charge in [-0.2, -0.15) is 0 Å². The molecule has 0 spiro atoms. The summed E-state index contributed by atoms with van der Waals surface area (Å²) >= 11 is 0. The van der Waals surface area contributed by atoms with Gasteiger partial charge in [-0.3, -0.25) is 0 Å². The zero-order valence-corrected chi connectivity index (χ0v) is 13.5. The van der Waals surface area contributed by atoms with E-state index >= 15 is 0 Å². The number of anilines is 4. The molecule has 6 heteroatoms. The molecule has 0 bridgehead atoms. The normalized spacial score (nSPS) is 10.1. The Hall–Kier alpha value is -3.28. The minimum Gasteiger partial charge on any atom is -0.495 e. The molecule has 0 saturated heterocycles. The highest BCUT2D eigenvalue weighted by atomic mass is 16.5. The first kappa shape index (κ1) is 15.6. The molecule has 0 amide bonds. The molecule has 0 fully saturated rings. The minimum atomic E-state index is 0.591. The number of benzene rings is 2. The second kappa shape index (κ2) is 7.32. The summed E-state index contributed by atoms with van der Waals surface area (Å²) < 4.78 is 10.7. The first-order valence-electron chi connectivity index (χ1n) is 7.43. The fraction of sp³-hybridized carbons (Fsp3) is 0.111. The number of methoxy groups -OCH3 is 2. The van der Waals surface area contributed by atoms with Gasteiger partial charge in [0.25, 0.3) is 0 Å². The molecule has 3 rings (SSSR count). The Morgan fingerprint density at radius 3 is 1.50 bits per heavy atom. The van der Waals surface area contributed by atoms with Crippen molar-refractivity contribution in [2.45, 2.75) is 0 Å². The molecule has 0 saturated carbocycles. The maximum absolute atomic E-state index is 5.36. The van der Waals surface area contributed by atoms with Crippen LogP contribution >= 0.6 is 0 Å². The van der Waals surface area contributed by atoms with Crippen LogP contribution in [0.2, 0.25) is 0 Å². The van der Waals surface area contributed by atoms with Crippen LogP contribution in [-0.4, -0.2) is 24.2 Å². The smallest absolute Gasteiger partial charge is 0.174 e. The zero-order chi connectivity index (χ0) is 16.8. The predicted octanol–water partition coefficient (Wildman–Crippen LogP) is 3.98. The van der Waals surface area contributed by atoms with Crippen molar-refractivity contribution in [1.82, 2.24) is 9.97 Å². The Morgan fingerprint density at radius 2 is 1.08 bits per heavy atom. The van der Waals surface area contributed by atoms with Crippen molar-refractivity contribution in [2.24, 2.45) is 0 Å². The summed E-state index contributed by atoms with van der Waals surface area (Å²) in [5, 5.41) is 6.50. The lowest BCUT2D eigenvalue weighted by Gasteiger charge is -2.15. The number of hydrogen-bond acceptors (Lipinski definition) is 6. The molecule has 0 unspecified atom stereocenters. The van der Waals surface area contributed by atoms with Crippen LogP contribution in [-0.2, 0) is 0 Å². The van der Waals surface area contributed by atoms with Crippen molar-refractivity contribution in [3.63, 3.8) is 0 Å². The van der Waals surface area contributed by atoms with Crippen molar-refractivity contribution in [2.75, 3.05) is 24.9 Å². The topological polar surface area (TPSA) is 68.3 Å². The molecule has 0 aliphatic heterocycles. The number of hydrogen-bond donors (Lipinski definition) is 2. The number of nitrogens with zero attached hydrogens (tertiary/aromatic N) is 2. The van der Waals surface area contributed by atoms with Gasteiger partial charge >= 0.3 is 0 Å². The highest BCUT2D eigenvalue weighted by Crippen LogP contribution is 2.32. The molecule has 1 heterocycles. The summed E-state index contributed by atoms with van der Waals surface area (Å²) in [4.78, 5) is 8.74. The number of nitrogens with one attached hydrogen (secondary N) is 2. The van der Waals surface area contributed by atoms with E-state index in [1.165, 1.54) is 0 Å². The van der Waals surface area contributed by atoms with Gasteiger partial charge < -0.3 is 20.1 Å². The van der Waals surface area contributed by atoms with Gasteiger partial charge in [0.1, 0.15) is 11.5 Å². The van der Waals surface area contributed by atoms with E-state index in [1.54, 1.807) is 26.6 Å². The van der Waals surface area contributed by atoms with Gasteiger partial charge in [0.05, 0.1) is 25.6 Å². The van der Waals surface area contributed by atoms with E-state index in [-0.39, 0.29) is 0 Å². The van der Waals surface area contributed by atoms with Gasteiger partial charge in [0.2, 0.25) is 0 Å². The maximum atomic E-state index is 5.36. The molecular formula is C18H18N4O2. The molecule has 3 aromatic rings. The fourth-order valence-electron chi connectivity index (χ4n) is 2.27. The number of rotatable bonds is 6. The monoisotopic (exact) mass is 322 g/mol. The standard InChI is InChI=1S/C18H18N4O2/c1-23-15-9-5-3-7-13(15)21-17-18(20-12-11-19-17)22-14-8-4-6-10-16(14)24-2/h3-12H,1-2H3,(H,19,21)(H,20,22). The van der Waals surface area contributed by atoms with Gasteiger partial charge in [-0.15, -0.1) is 0 Å². The Bertz CT molecular complexity index is 755. The summed E-state index contributed by atoms with van der Waals surface area (Å²) in [7, 11) is 3.26. The van der Waals surface area contributed by atoms with Gasteiger partial charge in [-0.25, -0.2) is 9.97 Å². The average molecular weight is 322 g/mol. The molecule has 2 N–H and O–H groups in total. The SMILES string of the molecule is COc1ccccc1Nc1nccnc1Nc1ccccc1OC. The first-order valence-corrected chi connectivity index (χ1v) is 7.43. The zero-order valence-electron chi connectivity index (χ0n) is 13.5. The molecule has 1 aromatic heterocycles. The average Bonchev–Trinajstić information content (AvgIpc) is 2.64. The van der Waals surface area contributed by atoms with Gasteiger partial charge in [-0.05, 0) is 24.3 Å². The van der Waals surface area contributed by atoms with Crippen molar-refractivity contribution in [3.05, 3.63) is 60.9 Å². The Labute approximate surface area is 140 Å². The lowest BCUT2D eigenvalue weighted by molar-refractivity contribution is 0.416. The van der Waals surface area contributed by atoms with Crippen LogP contribution in [0.5, 0.6) is 11.5 Å². The van der Waals surface area contributed by atoms with Crippen molar-refractivity contribution >= 4 is 23.0 Å². The third-order valence-electron chi connectivity index (χ3n) is 3.42. The summed E-state index contributed by atoms with van der Waals surface area (Å²) in [6, 6.07) is 15.3. The summed E-state index contributed by atoms with van der Waals surface area (Å²) in [6.07, 6.45) is 3.26. The number of ether oxygens (including phenoxy) is 2.